The van der Waals surface area contributed by atoms with Crippen molar-refractivity contribution >= 4 is 86.9 Å². The summed E-state index contributed by atoms with van der Waals surface area (Å²) in [6.45, 7) is 2.14. The number of aliphatic hydroxyl groups is 2. The fourth-order valence-corrected chi connectivity index (χ4v) is 2.97. The van der Waals surface area contributed by atoms with Gasteiger partial charge in [0.2, 0.25) is 7.59 Å². The first kappa shape index (κ1) is 28.3. The van der Waals surface area contributed by atoms with Gasteiger partial charge in [0.05, 0.1) is 13.1 Å². The molecule has 180 valence electrons. The number of hydrogen-bond donors (Lipinski definition) is 2. The third-order valence-corrected chi connectivity index (χ3v) is 5.27. The number of halogens is 6. The average Bonchev–Trinajstić information content (AvgIpc) is 2.71. The Morgan fingerprint density at radius 1 is 0.818 bits per heavy atom. The van der Waals surface area contributed by atoms with Crippen LogP contribution in [0.5, 0.6) is 0 Å². The van der Waals surface area contributed by atoms with Gasteiger partial charge in [-0.3, -0.25) is 9.59 Å². The number of carbonyl (C=O) groups is 2. The van der Waals surface area contributed by atoms with Crippen LogP contribution in [0.15, 0.2) is 24.3 Å². The van der Waals surface area contributed by atoms with E-state index in [1.54, 1.807) is 24.3 Å². The first-order valence-corrected chi connectivity index (χ1v) is 11.5. The van der Waals surface area contributed by atoms with Crippen molar-refractivity contribution in [2.75, 3.05) is 18.0 Å². The SMILES string of the molecule is CC(O)C(=O)CN(CC(=O)C(C)O)c1ccc(-c2nc(C(Cl)(Cl)Cl)nc(C(Cl)(Cl)Cl)n2)cc1. The second-order valence-electron chi connectivity index (χ2n) is 6.99. The molecule has 0 aliphatic carbocycles. The van der Waals surface area contributed by atoms with Crippen LogP contribution >= 0.6 is 69.6 Å². The second-order valence-corrected chi connectivity index (χ2v) is 11.6. The van der Waals surface area contributed by atoms with Gasteiger partial charge in [-0.25, -0.2) is 15.0 Å². The molecule has 2 unspecified atom stereocenters. The topological polar surface area (TPSA) is 117 Å². The lowest BCUT2D eigenvalue weighted by molar-refractivity contribution is -0.125. The van der Waals surface area contributed by atoms with Gasteiger partial charge < -0.3 is 15.1 Å². The van der Waals surface area contributed by atoms with Crippen molar-refractivity contribution in [2.45, 2.75) is 33.6 Å². The number of ketones is 2. The zero-order valence-electron chi connectivity index (χ0n) is 17.1. The maximum Gasteiger partial charge on any atom is 0.250 e. The molecule has 0 saturated heterocycles. The highest BCUT2D eigenvalue weighted by molar-refractivity contribution is 6.67. The van der Waals surface area contributed by atoms with E-state index < -0.39 is 31.4 Å². The monoisotopic (exact) mass is 576 g/mol. The molecule has 2 rings (SSSR count). The van der Waals surface area contributed by atoms with Crippen molar-refractivity contribution < 1.29 is 19.8 Å². The lowest BCUT2D eigenvalue weighted by Gasteiger charge is -2.25. The van der Waals surface area contributed by atoms with E-state index in [0.717, 1.165) is 0 Å². The molecule has 8 nitrogen and oxygen atoms in total. The molecule has 0 aliphatic rings. The molecule has 2 aromatic rings. The Morgan fingerprint density at radius 3 is 1.55 bits per heavy atom. The number of Topliss-reactive ketones (excluding diaryl/α,β-unsaturated/α-hetero) is 2. The first-order valence-electron chi connectivity index (χ1n) is 9.27. The van der Waals surface area contributed by atoms with Crippen molar-refractivity contribution in [1.82, 2.24) is 15.0 Å². The Kier molecular flexibility index (Phi) is 9.58. The molecular formula is C19H18Cl6N4O4. The highest BCUT2D eigenvalue weighted by atomic mass is 35.6. The third kappa shape index (κ3) is 8.04. The molecule has 2 N–H and O–H groups in total. The fourth-order valence-electron chi connectivity index (χ4n) is 2.46. The molecule has 0 saturated carbocycles. The summed E-state index contributed by atoms with van der Waals surface area (Å²) in [7, 11) is 0. The minimum Gasteiger partial charge on any atom is -0.386 e. The van der Waals surface area contributed by atoms with Gasteiger partial charge in [0.1, 0.15) is 12.2 Å². The van der Waals surface area contributed by atoms with E-state index >= 15 is 0 Å². The van der Waals surface area contributed by atoms with Gasteiger partial charge in [-0.2, -0.15) is 0 Å². The number of nitrogens with zero attached hydrogens (tertiary/aromatic N) is 4. The van der Waals surface area contributed by atoms with Gasteiger partial charge in [0, 0.05) is 11.3 Å². The summed E-state index contributed by atoms with van der Waals surface area (Å²) in [5.41, 5.74) is 0.884. The highest BCUT2D eigenvalue weighted by Crippen LogP contribution is 2.40. The summed E-state index contributed by atoms with van der Waals surface area (Å²) in [5, 5.41) is 19.1. The predicted octanol–water partition coefficient (Wildman–Crippen LogP) is 3.90. The Labute approximate surface area is 219 Å². The van der Waals surface area contributed by atoms with Crippen LogP contribution < -0.4 is 4.90 Å². The van der Waals surface area contributed by atoms with Gasteiger partial charge in [0.25, 0.3) is 0 Å². The van der Waals surface area contributed by atoms with Crippen molar-refractivity contribution in [2.24, 2.45) is 0 Å². The van der Waals surface area contributed by atoms with Crippen LogP contribution in [0.4, 0.5) is 5.69 Å². The molecule has 1 aromatic heterocycles. The summed E-state index contributed by atoms with van der Waals surface area (Å²) < 4.78 is -4.02. The van der Waals surface area contributed by atoms with E-state index in [-0.39, 0.29) is 30.6 Å². The number of rotatable bonds is 8. The van der Waals surface area contributed by atoms with Crippen LogP contribution in [-0.4, -0.2) is 62.0 Å². The molecule has 0 amide bonds. The quantitative estimate of drug-likeness (QED) is 0.453. The second kappa shape index (κ2) is 11.2. The summed E-state index contributed by atoms with van der Waals surface area (Å²) in [6, 6.07) is 6.30. The van der Waals surface area contributed by atoms with Crippen LogP contribution in [0.3, 0.4) is 0 Å². The van der Waals surface area contributed by atoms with Crippen LogP contribution in [-0.2, 0) is 17.2 Å². The Balaban J connectivity index is 2.46. The number of benzene rings is 1. The third-order valence-electron chi connectivity index (χ3n) is 4.26. The highest BCUT2D eigenvalue weighted by Gasteiger charge is 2.34. The van der Waals surface area contributed by atoms with E-state index in [0.29, 0.717) is 11.3 Å². The summed E-state index contributed by atoms with van der Waals surface area (Å²) >= 11 is 35.4. The summed E-state index contributed by atoms with van der Waals surface area (Å²) in [4.78, 5) is 37.7. The molecule has 0 spiro atoms. The lowest BCUT2D eigenvalue weighted by Crippen LogP contribution is -2.40. The maximum absolute atomic E-state index is 12.1. The van der Waals surface area contributed by atoms with Gasteiger partial charge in [0.15, 0.2) is 29.0 Å². The fraction of sp³-hybridized carbons (Fsp3) is 0.421. The van der Waals surface area contributed by atoms with E-state index in [9.17, 15) is 19.8 Å². The van der Waals surface area contributed by atoms with Gasteiger partial charge in [-0.05, 0) is 38.1 Å². The van der Waals surface area contributed by atoms with E-state index in [1.165, 1.54) is 18.7 Å². The zero-order chi connectivity index (χ0) is 25.1. The lowest BCUT2D eigenvalue weighted by atomic mass is 10.1. The summed E-state index contributed by atoms with van der Waals surface area (Å²) in [6.07, 6.45) is -2.45. The predicted molar refractivity (Wildman–Crippen MR) is 129 cm³/mol. The molecule has 33 heavy (non-hydrogen) atoms. The van der Waals surface area contributed by atoms with Crippen molar-refractivity contribution in [3.63, 3.8) is 0 Å². The number of hydrogen-bond acceptors (Lipinski definition) is 8. The zero-order valence-corrected chi connectivity index (χ0v) is 21.7. The van der Waals surface area contributed by atoms with E-state index in [4.69, 9.17) is 69.6 Å². The van der Waals surface area contributed by atoms with Crippen LogP contribution in [0, 0.1) is 0 Å². The van der Waals surface area contributed by atoms with Crippen molar-refractivity contribution in [1.29, 1.82) is 0 Å². The minimum atomic E-state index is -2.01. The van der Waals surface area contributed by atoms with Gasteiger partial charge >= 0.3 is 0 Å². The molecule has 0 fully saturated rings. The standard InChI is InChI=1S/C19H18Cl6N4O4/c1-9(30)13(32)7-29(8-14(33)10(2)31)12-5-3-11(4-6-12)15-26-16(18(20,21)22)28-17(27-15)19(23,24)25/h3-6,9-10,30-31H,7-8H2,1-2H3. The molecular weight excluding hydrogens is 561 g/mol. The van der Waals surface area contributed by atoms with Crippen molar-refractivity contribution in [3.8, 4) is 11.4 Å². The largest absolute Gasteiger partial charge is 0.386 e. The molecule has 14 heteroatoms. The summed E-state index contributed by atoms with van der Waals surface area (Å²) in [5.74, 6) is -1.47. The maximum atomic E-state index is 12.1. The average molecular weight is 579 g/mol. The molecule has 0 aliphatic heterocycles. The van der Waals surface area contributed by atoms with Crippen LogP contribution in [0.1, 0.15) is 25.5 Å². The normalized spacial score (nSPS) is 14.0. The van der Waals surface area contributed by atoms with Gasteiger partial charge in [-0.1, -0.05) is 69.6 Å². The number of aromatic nitrogens is 3. The molecule has 1 aromatic carbocycles. The molecule has 0 bridgehead atoms. The van der Waals surface area contributed by atoms with Crippen LogP contribution in [0.2, 0.25) is 0 Å². The Morgan fingerprint density at radius 2 is 1.21 bits per heavy atom. The van der Waals surface area contributed by atoms with Crippen molar-refractivity contribution in [3.05, 3.63) is 35.9 Å². The number of carbonyl (C=O) groups excluding carboxylic acids is 2. The Bertz CT molecular complexity index is 953. The number of alkyl halides is 6. The van der Waals surface area contributed by atoms with E-state index in [2.05, 4.69) is 15.0 Å². The first-order chi connectivity index (χ1) is 15.1. The number of aliphatic hydroxyl groups excluding tert-OH is 2. The smallest absolute Gasteiger partial charge is 0.250 e. The number of anilines is 1. The minimum absolute atomic E-state index is 0.0471. The Hall–Kier alpha value is -0.970. The van der Waals surface area contributed by atoms with Gasteiger partial charge in [-0.15, -0.1) is 0 Å². The molecule has 0 radical (unpaired) electrons. The van der Waals surface area contributed by atoms with E-state index in [1.807, 2.05) is 0 Å². The molecule has 1 heterocycles. The molecule has 2 atom stereocenters. The van der Waals surface area contributed by atoms with Crippen LogP contribution in [0.25, 0.3) is 11.4 Å².